The number of nitrogens with two attached hydrogens (primary N) is 1. The molecule has 4 nitrogen and oxygen atoms in total. The van der Waals surface area contributed by atoms with Crippen LogP contribution >= 0.6 is 11.6 Å². The van der Waals surface area contributed by atoms with E-state index in [2.05, 4.69) is 5.16 Å². The SMILES string of the molecule is NC(=NO)c1c(Cl)cccc1OC1CCCCC1. The summed E-state index contributed by atoms with van der Waals surface area (Å²) in [7, 11) is 0. The monoisotopic (exact) mass is 268 g/mol. The molecule has 0 radical (unpaired) electrons. The van der Waals surface area contributed by atoms with E-state index in [1.54, 1.807) is 18.2 Å². The Kier molecular flexibility index (Phi) is 4.31. The highest BCUT2D eigenvalue weighted by atomic mass is 35.5. The van der Waals surface area contributed by atoms with Crippen molar-refractivity contribution in [1.82, 2.24) is 0 Å². The molecule has 3 N–H and O–H groups in total. The zero-order valence-corrected chi connectivity index (χ0v) is 10.9. The van der Waals surface area contributed by atoms with Crippen LogP contribution in [0.4, 0.5) is 0 Å². The number of hydrogen-bond acceptors (Lipinski definition) is 3. The van der Waals surface area contributed by atoms with Gasteiger partial charge in [-0.2, -0.15) is 0 Å². The lowest BCUT2D eigenvalue weighted by atomic mass is 9.97. The zero-order valence-electron chi connectivity index (χ0n) is 10.1. The first-order chi connectivity index (χ1) is 8.72. The van der Waals surface area contributed by atoms with Crippen LogP contribution in [-0.4, -0.2) is 17.1 Å². The number of nitrogens with zero attached hydrogens (tertiary/aromatic N) is 1. The summed E-state index contributed by atoms with van der Waals surface area (Å²) in [6.45, 7) is 0. The molecule has 0 unspecified atom stereocenters. The Balaban J connectivity index is 2.23. The number of rotatable bonds is 3. The second-order valence-corrected chi connectivity index (χ2v) is 4.88. The molecule has 0 atom stereocenters. The van der Waals surface area contributed by atoms with Gasteiger partial charge < -0.3 is 15.7 Å². The number of amidine groups is 1. The number of ether oxygens (including phenoxy) is 1. The first kappa shape index (κ1) is 13.0. The van der Waals surface area contributed by atoms with Crippen LogP contribution in [0.5, 0.6) is 5.75 Å². The minimum Gasteiger partial charge on any atom is -0.490 e. The molecule has 1 aromatic rings. The van der Waals surface area contributed by atoms with Gasteiger partial charge in [0.15, 0.2) is 5.84 Å². The summed E-state index contributed by atoms with van der Waals surface area (Å²) in [6.07, 6.45) is 5.92. The first-order valence-corrected chi connectivity index (χ1v) is 6.53. The van der Waals surface area contributed by atoms with Crippen molar-refractivity contribution >= 4 is 17.4 Å². The summed E-state index contributed by atoms with van der Waals surface area (Å²) < 4.78 is 5.93. The third-order valence-corrected chi connectivity index (χ3v) is 3.50. The third-order valence-electron chi connectivity index (χ3n) is 3.19. The first-order valence-electron chi connectivity index (χ1n) is 6.15. The van der Waals surface area contributed by atoms with E-state index in [-0.39, 0.29) is 11.9 Å². The minimum atomic E-state index is -0.0218. The molecule has 0 bridgehead atoms. The molecule has 1 saturated carbocycles. The van der Waals surface area contributed by atoms with Crippen molar-refractivity contribution in [3.63, 3.8) is 0 Å². The van der Waals surface area contributed by atoms with Crippen molar-refractivity contribution in [2.75, 3.05) is 0 Å². The molecule has 98 valence electrons. The fraction of sp³-hybridized carbons (Fsp3) is 0.462. The van der Waals surface area contributed by atoms with Gasteiger partial charge in [0.2, 0.25) is 0 Å². The minimum absolute atomic E-state index is 0.0218. The maximum atomic E-state index is 8.79. The molecule has 18 heavy (non-hydrogen) atoms. The molecule has 0 aromatic heterocycles. The molecule has 0 heterocycles. The Hall–Kier alpha value is -1.42. The largest absolute Gasteiger partial charge is 0.490 e. The van der Waals surface area contributed by atoms with Gasteiger partial charge in [0.1, 0.15) is 5.75 Å². The fourth-order valence-electron chi connectivity index (χ4n) is 2.26. The molecule has 0 aliphatic heterocycles. The highest BCUT2D eigenvalue weighted by Gasteiger charge is 2.19. The van der Waals surface area contributed by atoms with Crippen LogP contribution in [0.25, 0.3) is 0 Å². The molecular weight excluding hydrogens is 252 g/mol. The van der Waals surface area contributed by atoms with E-state index >= 15 is 0 Å². The lowest BCUT2D eigenvalue weighted by Crippen LogP contribution is -2.22. The quantitative estimate of drug-likeness (QED) is 0.383. The van der Waals surface area contributed by atoms with Crippen molar-refractivity contribution in [2.45, 2.75) is 38.2 Å². The van der Waals surface area contributed by atoms with Crippen LogP contribution in [0, 0.1) is 0 Å². The van der Waals surface area contributed by atoms with E-state index in [4.69, 9.17) is 27.3 Å². The lowest BCUT2D eigenvalue weighted by molar-refractivity contribution is 0.154. The van der Waals surface area contributed by atoms with Crippen molar-refractivity contribution in [1.29, 1.82) is 0 Å². The average molecular weight is 269 g/mol. The Morgan fingerprint density at radius 3 is 2.72 bits per heavy atom. The highest BCUT2D eigenvalue weighted by Crippen LogP contribution is 2.30. The molecule has 1 aliphatic carbocycles. The van der Waals surface area contributed by atoms with Gasteiger partial charge in [0.05, 0.1) is 16.7 Å². The molecule has 2 rings (SSSR count). The van der Waals surface area contributed by atoms with Gasteiger partial charge in [-0.05, 0) is 37.8 Å². The fourth-order valence-corrected chi connectivity index (χ4v) is 2.53. The Labute approximate surface area is 111 Å². The van der Waals surface area contributed by atoms with Crippen molar-refractivity contribution in [3.8, 4) is 5.75 Å². The van der Waals surface area contributed by atoms with Gasteiger partial charge in [0, 0.05) is 0 Å². The number of halogens is 1. The Bertz CT molecular complexity index is 443. The van der Waals surface area contributed by atoms with Gasteiger partial charge in [-0.25, -0.2) is 0 Å². The standard InChI is InChI=1S/C13H17ClN2O2/c14-10-7-4-8-11(12(10)13(15)16-17)18-9-5-2-1-3-6-9/h4,7-9,17H,1-3,5-6H2,(H2,15,16). The van der Waals surface area contributed by atoms with Crippen molar-refractivity contribution < 1.29 is 9.94 Å². The Morgan fingerprint density at radius 1 is 1.33 bits per heavy atom. The van der Waals surface area contributed by atoms with Crippen LogP contribution in [0.15, 0.2) is 23.4 Å². The number of oxime groups is 1. The van der Waals surface area contributed by atoms with E-state index in [1.807, 2.05) is 0 Å². The molecule has 0 saturated heterocycles. The maximum Gasteiger partial charge on any atom is 0.175 e. The third kappa shape index (κ3) is 2.88. The molecule has 1 aliphatic rings. The van der Waals surface area contributed by atoms with Crippen molar-refractivity contribution in [2.24, 2.45) is 10.9 Å². The second kappa shape index (κ2) is 5.96. The molecule has 0 amide bonds. The normalized spacial score (nSPS) is 17.7. The van der Waals surface area contributed by atoms with E-state index in [9.17, 15) is 0 Å². The zero-order chi connectivity index (χ0) is 13.0. The highest BCUT2D eigenvalue weighted by molar-refractivity contribution is 6.34. The summed E-state index contributed by atoms with van der Waals surface area (Å²) in [4.78, 5) is 0. The molecule has 1 aromatic carbocycles. The van der Waals surface area contributed by atoms with Crippen LogP contribution in [-0.2, 0) is 0 Å². The second-order valence-electron chi connectivity index (χ2n) is 4.48. The van der Waals surface area contributed by atoms with Gasteiger partial charge in [-0.1, -0.05) is 29.2 Å². The predicted molar refractivity (Wildman–Crippen MR) is 71.5 cm³/mol. The van der Waals surface area contributed by atoms with Gasteiger partial charge in [0.25, 0.3) is 0 Å². The molecular formula is C13H17ClN2O2. The van der Waals surface area contributed by atoms with E-state index in [0.29, 0.717) is 16.3 Å². The smallest absolute Gasteiger partial charge is 0.175 e. The molecule has 1 fully saturated rings. The van der Waals surface area contributed by atoms with Crippen molar-refractivity contribution in [3.05, 3.63) is 28.8 Å². The van der Waals surface area contributed by atoms with E-state index < -0.39 is 0 Å². The summed E-state index contributed by atoms with van der Waals surface area (Å²) >= 11 is 6.07. The maximum absolute atomic E-state index is 8.79. The Morgan fingerprint density at radius 2 is 2.06 bits per heavy atom. The van der Waals surface area contributed by atoms with Gasteiger partial charge in [-0.3, -0.25) is 0 Å². The van der Waals surface area contributed by atoms with E-state index in [0.717, 1.165) is 12.8 Å². The number of hydrogen-bond donors (Lipinski definition) is 2. The van der Waals surface area contributed by atoms with Crippen LogP contribution in [0.1, 0.15) is 37.7 Å². The molecule has 5 heteroatoms. The summed E-state index contributed by atoms with van der Waals surface area (Å²) in [5.74, 6) is 0.566. The summed E-state index contributed by atoms with van der Waals surface area (Å²) in [6, 6.07) is 5.30. The van der Waals surface area contributed by atoms with Crippen LogP contribution in [0.2, 0.25) is 5.02 Å². The van der Waals surface area contributed by atoms with Gasteiger partial charge >= 0.3 is 0 Å². The summed E-state index contributed by atoms with van der Waals surface area (Å²) in [5.41, 5.74) is 6.10. The van der Waals surface area contributed by atoms with Crippen LogP contribution < -0.4 is 10.5 Å². The summed E-state index contributed by atoms with van der Waals surface area (Å²) in [5, 5.41) is 12.2. The lowest BCUT2D eigenvalue weighted by Gasteiger charge is -2.24. The predicted octanol–water partition coefficient (Wildman–Crippen LogP) is 3.15. The molecule has 0 spiro atoms. The number of benzene rings is 1. The average Bonchev–Trinajstić information content (AvgIpc) is 2.39. The topological polar surface area (TPSA) is 67.8 Å². The van der Waals surface area contributed by atoms with Crippen LogP contribution in [0.3, 0.4) is 0 Å². The van der Waals surface area contributed by atoms with E-state index in [1.165, 1.54) is 19.3 Å². The van der Waals surface area contributed by atoms with Gasteiger partial charge in [-0.15, -0.1) is 0 Å².